The van der Waals surface area contributed by atoms with Crippen LogP contribution in [0.3, 0.4) is 0 Å². The molecule has 3 aromatic carbocycles. The number of halogens is 2. The summed E-state index contributed by atoms with van der Waals surface area (Å²) in [5.74, 6) is 0. The van der Waals surface area contributed by atoms with E-state index in [1.165, 1.54) is 0 Å². The molecule has 7 aromatic rings. The summed E-state index contributed by atoms with van der Waals surface area (Å²) < 4.78 is 9.24. The zero-order chi connectivity index (χ0) is 56.7. The van der Waals surface area contributed by atoms with E-state index in [4.69, 9.17) is 43.2 Å². The lowest BCUT2D eigenvalue weighted by Crippen LogP contribution is -2.51. The van der Waals surface area contributed by atoms with Crippen LogP contribution in [0.2, 0.25) is 10.0 Å². The first-order chi connectivity index (χ1) is 38.2. The van der Waals surface area contributed by atoms with Crippen LogP contribution in [-0.4, -0.2) is 129 Å². The molecular weight excluding hydrogens is 1050 g/mol. The molecule has 3 N–H and O–H groups in total. The van der Waals surface area contributed by atoms with E-state index in [0.717, 1.165) is 50.3 Å². The number of piperazine rings is 2. The van der Waals surface area contributed by atoms with Crippen LogP contribution in [0.4, 0.5) is 15.3 Å². The minimum absolute atomic E-state index is 0.179. The summed E-state index contributed by atoms with van der Waals surface area (Å²) in [4.78, 5) is 52.1. The van der Waals surface area contributed by atoms with Gasteiger partial charge in [-0.3, -0.25) is 19.8 Å². The van der Waals surface area contributed by atoms with Crippen molar-refractivity contribution in [2.24, 2.45) is 14.1 Å². The maximum absolute atomic E-state index is 13.0. The number of aliphatic hydroxyl groups is 2. The van der Waals surface area contributed by atoms with Gasteiger partial charge in [0.25, 0.3) is 0 Å². The third kappa shape index (κ3) is 11.2. The lowest BCUT2D eigenvalue weighted by atomic mass is 9.84. The first-order valence-electron chi connectivity index (χ1n) is 26.6. The number of imidazole rings is 2. The van der Waals surface area contributed by atoms with Gasteiger partial charge in [0.2, 0.25) is 0 Å². The number of anilines is 1. The molecule has 80 heavy (non-hydrogen) atoms. The van der Waals surface area contributed by atoms with E-state index < -0.39 is 16.8 Å². The number of nitrogens with zero attached hydrogens (tertiary/aromatic N) is 11. The third-order valence-corrected chi connectivity index (χ3v) is 15.8. The summed E-state index contributed by atoms with van der Waals surface area (Å²) in [6.45, 7) is 13.9. The molecule has 2 fully saturated rings. The molecule has 412 valence electrons. The molecule has 0 spiro atoms. The second-order valence-electron chi connectivity index (χ2n) is 21.9. The number of pyridine rings is 2. The Morgan fingerprint density at radius 2 is 1.10 bits per heavy atom. The van der Waals surface area contributed by atoms with E-state index >= 15 is 0 Å². The number of hydrogen-bond donors (Lipinski definition) is 3. The Morgan fingerprint density at radius 1 is 0.650 bits per heavy atom. The van der Waals surface area contributed by atoms with E-state index in [2.05, 4.69) is 31.2 Å². The summed E-state index contributed by atoms with van der Waals surface area (Å²) >= 11 is 13.1. The fraction of sp³-hybridized carbons (Fsp3) is 0.328. The van der Waals surface area contributed by atoms with Gasteiger partial charge >= 0.3 is 12.1 Å². The SMILES string of the molecule is Cn1cncc1C(C)(O)C1=Cc2cccnc2[C@@H](N2CCN(C(=O)Nc3ccc(C#N)cc3)CC2)c2ccc(Cl)cc21.Cn1cncc1C(C)(O)C1=Cc2cccnc2[C@@H](N2CCN(C(=O)OC(C)(C)C)CC2)c2ccc(Cl)cc21. The maximum atomic E-state index is 13.0. The summed E-state index contributed by atoms with van der Waals surface area (Å²) in [5.41, 5.74) is 8.02. The maximum Gasteiger partial charge on any atom is 0.410 e. The Balaban J connectivity index is 0.000000181. The summed E-state index contributed by atoms with van der Waals surface area (Å²) in [7, 11) is 3.73. The number of carbonyl (C=O) groups excluding carboxylic acids is 2. The van der Waals surface area contributed by atoms with Gasteiger partial charge in [-0.05, 0) is 152 Å². The summed E-state index contributed by atoms with van der Waals surface area (Å²) in [6, 6.07) is 27.8. The first-order valence-corrected chi connectivity index (χ1v) is 27.3. The Kier molecular flexibility index (Phi) is 15.6. The van der Waals surface area contributed by atoms with Gasteiger partial charge < -0.3 is 39.2 Å². The van der Waals surface area contributed by atoms with E-state index in [-0.39, 0.29) is 24.2 Å². The van der Waals surface area contributed by atoms with Gasteiger partial charge in [-0.25, -0.2) is 19.6 Å². The molecule has 2 aliphatic carbocycles. The van der Waals surface area contributed by atoms with Gasteiger partial charge in [-0.2, -0.15) is 5.26 Å². The Hall–Kier alpha value is -7.69. The Bertz CT molecular complexity index is 3560. The molecule has 0 bridgehead atoms. The summed E-state index contributed by atoms with van der Waals surface area (Å²) in [5, 5.41) is 37.1. The molecule has 2 aliphatic heterocycles. The van der Waals surface area contributed by atoms with E-state index in [1.807, 2.05) is 117 Å². The van der Waals surface area contributed by atoms with Crippen molar-refractivity contribution >= 4 is 64.3 Å². The lowest BCUT2D eigenvalue weighted by Gasteiger charge is -2.40. The quantitative estimate of drug-likeness (QED) is 0.137. The van der Waals surface area contributed by atoms with Crippen LogP contribution in [0.15, 0.2) is 122 Å². The Morgan fingerprint density at radius 3 is 1.51 bits per heavy atom. The summed E-state index contributed by atoms with van der Waals surface area (Å²) in [6.07, 6.45) is 14.1. The standard InChI is InChI=1S/C32H30ClN7O2.C29H34ClN5O3/c1-32(42,28-19-35-20-38(28)2)27-16-22-4-3-11-36-29(22)30(25-10-7-23(33)17-26(25)27)39-12-14-40(15-13-39)31(41)37-24-8-5-21(18-34)6-9-24;1-28(2,3)38-27(36)35-13-11-34(12-14-35)26-21-9-8-20(30)16-22(21)23(15-19-7-6-10-32-25(19)26)29(4,37)24-17-31-18-33(24)5/h3-11,16-17,19-20,30,42H,12-15H2,1-2H3,(H,37,41);6-10,15-18,26,37H,11-14H2,1-5H3/t30-,32?;26-,29?/m00/s1. The van der Waals surface area contributed by atoms with Crippen LogP contribution >= 0.6 is 23.2 Å². The smallest absolute Gasteiger partial charge is 0.410 e. The number of aryl methyl sites for hydroxylation is 2. The zero-order valence-electron chi connectivity index (χ0n) is 45.8. The van der Waals surface area contributed by atoms with Crippen molar-refractivity contribution in [1.82, 2.24) is 48.7 Å². The number of urea groups is 1. The molecule has 2 unspecified atom stereocenters. The number of hydrogen-bond acceptors (Lipinski definition) is 12. The number of rotatable bonds is 7. The number of nitrogens with one attached hydrogen (secondary N) is 1. The number of amides is 3. The highest BCUT2D eigenvalue weighted by atomic mass is 35.5. The van der Waals surface area contributed by atoms with Gasteiger partial charge in [0, 0.05) is 94.6 Å². The minimum atomic E-state index is -1.37. The molecule has 19 heteroatoms. The topological polar surface area (TPSA) is 194 Å². The number of fused-ring (bicyclic) bond motifs is 4. The van der Waals surface area contributed by atoms with Crippen LogP contribution in [-0.2, 0) is 30.0 Å². The van der Waals surface area contributed by atoms with Crippen LogP contribution in [0, 0.1) is 11.3 Å². The van der Waals surface area contributed by atoms with Crippen molar-refractivity contribution < 1.29 is 24.5 Å². The van der Waals surface area contributed by atoms with Crippen molar-refractivity contribution in [3.8, 4) is 6.07 Å². The van der Waals surface area contributed by atoms with Crippen LogP contribution < -0.4 is 5.32 Å². The average molecular weight is 1120 g/mol. The third-order valence-electron chi connectivity index (χ3n) is 15.3. The van der Waals surface area contributed by atoms with Gasteiger partial charge in [-0.15, -0.1) is 0 Å². The number of aromatic nitrogens is 6. The molecule has 6 heterocycles. The van der Waals surface area contributed by atoms with Gasteiger partial charge in [0.1, 0.15) is 16.8 Å². The predicted octanol–water partition coefficient (Wildman–Crippen LogP) is 9.91. The average Bonchev–Trinajstić information content (AvgIpc) is 4.25. The number of carbonyl (C=O) groups is 2. The predicted molar refractivity (Wildman–Crippen MR) is 309 cm³/mol. The fourth-order valence-corrected chi connectivity index (χ4v) is 11.6. The van der Waals surface area contributed by atoms with E-state index in [9.17, 15) is 19.8 Å². The monoisotopic (exact) mass is 1110 g/mol. The lowest BCUT2D eigenvalue weighted by molar-refractivity contribution is 0.0117. The molecule has 4 aromatic heterocycles. The second kappa shape index (κ2) is 22.4. The molecule has 0 radical (unpaired) electrons. The van der Waals surface area contributed by atoms with Gasteiger partial charge in [0.15, 0.2) is 0 Å². The second-order valence-corrected chi connectivity index (χ2v) is 22.8. The van der Waals surface area contributed by atoms with Crippen molar-refractivity contribution in [2.75, 3.05) is 57.7 Å². The van der Waals surface area contributed by atoms with Gasteiger partial charge in [0.05, 0.1) is 71.5 Å². The highest BCUT2D eigenvalue weighted by molar-refractivity contribution is 6.31. The molecule has 17 nitrogen and oxygen atoms in total. The van der Waals surface area contributed by atoms with Crippen molar-refractivity contribution in [3.05, 3.63) is 194 Å². The highest BCUT2D eigenvalue weighted by Gasteiger charge is 2.42. The van der Waals surface area contributed by atoms with Crippen LogP contribution in [0.5, 0.6) is 0 Å². The molecule has 2 saturated heterocycles. The molecule has 3 amide bonds. The van der Waals surface area contributed by atoms with Crippen LogP contribution in [0.25, 0.3) is 23.3 Å². The first kappa shape index (κ1) is 55.6. The zero-order valence-corrected chi connectivity index (χ0v) is 47.3. The van der Waals surface area contributed by atoms with Crippen molar-refractivity contribution in [2.45, 2.75) is 63.5 Å². The normalized spacial score (nSPS) is 18.8. The molecule has 4 atom stereocenters. The van der Waals surface area contributed by atoms with Gasteiger partial charge in [-0.1, -0.05) is 47.5 Å². The fourth-order valence-electron chi connectivity index (χ4n) is 11.3. The minimum Gasteiger partial charge on any atom is -0.444 e. The number of ether oxygens (including phenoxy) is 1. The Labute approximate surface area is 476 Å². The van der Waals surface area contributed by atoms with Crippen molar-refractivity contribution in [3.63, 3.8) is 0 Å². The molecule has 4 aliphatic rings. The largest absolute Gasteiger partial charge is 0.444 e. The molecule has 11 rings (SSSR count). The van der Waals surface area contributed by atoms with Crippen LogP contribution in [0.1, 0.15) is 108 Å². The molecular formula is C61H64Cl2N12O5. The number of benzene rings is 3. The van der Waals surface area contributed by atoms with E-state index in [0.29, 0.717) is 90.6 Å². The molecule has 0 saturated carbocycles. The van der Waals surface area contributed by atoms with E-state index in [1.54, 1.807) is 85.4 Å². The van der Waals surface area contributed by atoms with Crippen molar-refractivity contribution in [1.29, 1.82) is 5.26 Å². The highest BCUT2D eigenvalue weighted by Crippen LogP contribution is 2.48. The number of nitriles is 1.